The Bertz CT molecular complexity index is 380. The summed E-state index contributed by atoms with van der Waals surface area (Å²) in [6.45, 7) is 14.6. The molecule has 0 fully saturated rings. The van der Waals surface area contributed by atoms with Crippen LogP contribution in [-0.2, 0) is 6.54 Å². The third-order valence-corrected chi connectivity index (χ3v) is 3.85. The van der Waals surface area contributed by atoms with Crippen LogP contribution in [0.1, 0.15) is 46.6 Å². The Hall–Kier alpha value is -0.860. The molecule has 1 N–H and O–H groups in total. The van der Waals surface area contributed by atoms with E-state index in [0.29, 0.717) is 5.41 Å². The van der Waals surface area contributed by atoms with Gasteiger partial charge in [0.2, 0.25) is 0 Å². The van der Waals surface area contributed by atoms with Gasteiger partial charge < -0.3 is 10.2 Å². The third-order valence-electron chi connectivity index (χ3n) is 3.85. The highest BCUT2D eigenvalue weighted by atomic mass is 15.1. The van der Waals surface area contributed by atoms with Crippen LogP contribution in [0.5, 0.6) is 0 Å². The second-order valence-corrected chi connectivity index (χ2v) is 7.43. The summed E-state index contributed by atoms with van der Waals surface area (Å²) >= 11 is 0. The second-order valence-electron chi connectivity index (χ2n) is 7.43. The molecule has 0 saturated carbocycles. The summed E-state index contributed by atoms with van der Waals surface area (Å²) in [5.41, 5.74) is 1.89. The quantitative estimate of drug-likeness (QED) is 0.812. The molecular weight excluding hydrogens is 244 g/mol. The van der Waals surface area contributed by atoms with E-state index in [4.69, 9.17) is 0 Å². The minimum atomic E-state index is 0.189. The molecule has 1 aromatic carbocycles. The molecule has 1 rings (SSSR count). The number of hydrogen-bond donors (Lipinski definition) is 1. The summed E-state index contributed by atoms with van der Waals surface area (Å²) in [7, 11) is 2.22. The molecule has 1 atom stereocenters. The van der Waals surface area contributed by atoms with Gasteiger partial charge >= 0.3 is 0 Å². The van der Waals surface area contributed by atoms with E-state index in [9.17, 15) is 0 Å². The molecule has 0 spiro atoms. The van der Waals surface area contributed by atoms with Crippen LogP contribution in [0.25, 0.3) is 0 Å². The first-order chi connectivity index (χ1) is 9.24. The first-order valence-corrected chi connectivity index (χ1v) is 7.72. The molecule has 20 heavy (non-hydrogen) atoms. The van der Waals surface area contributed by atoms with E-state index in [0.717, 1.165) is 19.6 Å². The summed E-state index contributed by atoms with van der Waals surface area (Å²) in [5.74, 6) is 0. The molecule has 0 aliphatic carbocycles. The van der Waals surface area contributed by atoms with Crippen molar-refractivity contribution in [3.8, 4) is 0 Å². The fourth-order valence-electron chi connectivity index (χ4n) is 2.37. The van der Waals surface area contributed by atoms with E-state index in [1.807, 2.05) is 0 Å². The Morgan fingerprint density at radius 3 is 2.15 bits per heavy atom. The van der Waals surface area contributed by atoms with E-state index in [1.165, 1.54) is 12.0 Å². The lowest BCUT2D eigenvalue weighted by Crippen LogP contribution is -2.46. The SMILES string of the molecule is CCC(C)(CNC(C)(C)C)CN(C)Cc1ccccc1. The van der Waals surface area contributed by atoms with Gasteiger partial charge in [-0.1, -0.05) is 44.2 Å². The standard InChI is InChI=1S/C18H32N2/c1-7-18(5,14-19-17(2,3)4)15-20(6)13-16-11-9-8-10-12-16/h8-12,19H,7,13-15H2,1-6H3. The van der Waals surface area contributed by atoms with Crippen molar-refractivity contribution < 1.29 is 0 Å². The number of rotatable bonds is 7. The molecule has 0 heterocycles. The Balaban J connectivity index is 2.53. The maximum absolute atomic E-state index is 3.66. The number of nitrogens with one attached hydrogen (secondary N) is 1. The summed E-state index contributed by atoms with van der Waals surface area (Å²) in [5, 5.41) is 3.66. The van der Waals surface area contributed by atoms with Gasteiger partial charge in [-0.3, -0.25) is 0 Å². The largest absolute Gasteiger partial charge is 0.311 e. The molecule has 0 aliphatic heterocycles. The van der Waals surface area contributed by atoms with Gasteiger partial charge in [-0.05, 0) is 45.2 Å². The van der Waals surface area contributed by atoms with Gasteiger partial charge in [0.05, 0.1) is 0 Å². The average molecular weight is 276 g/mol. The first-order valence-electron chi connectivity index (χ1n) is 7.72. The highest BCUT2D eigenvalue weighted by molar-refractivity contribution is 5.14. The van der Waals surface area contributed by atoms with Crippen LogP contribution in [-0.4, -0.2) is 30.6 Å². The van der Waals surface area contributed by atoms with Crippen LogP contribution in [0.4, 0.5) is 0 Å². The monoisotopic (exact) mass is 276 g/mol. The van der Waals surface area contributed by atoms with E-state index in [1.54, 1.807) is 0 Å². The molecule has 0 saturated heterocycles. The molecular formula is C18H32N2. The lowest BCUT2D eigenvalue weighted by Gasteiger charge is -2.36. The Labute approximate surface area is 125 Å². The van der Waals surface area contributed by atoms with E-state index >= 15 is 0 Å². The molecule has 1 aromatic rings. The number of hydrogen-bond acceptors (Lipinski definition) is 2. The lowest BCUT2D eigenvalue weighted by atomic mass is 9.86. The fraction of sp³-hybridized carbons (Fsp3) is 0.667. The second kappa shape index (κ2) is 7.24. The molecule has 0 amide bonds. The van der Waals surface area contributed by atoms with Crippen molar-refractivity contribution >= 4 is 0 Å². The Morgan fingerprint density at radius 2 is 1.65 bits per heavy atom. The minimum Gasteiger partial charge on any atom is -0.311 e. The van der Waals surface area contributed by atoms with Crippen molar-refractivity contribution in [1.82, 2.24) is 10.2 Å². The average Bonchev–Trinajstić information content (AvgIpc) is 2.37. The van der Waals surface area contributed by atoms with Gasteiger partial charge in [0.1, 0.15) is 0 Å². The van der Waals surface area contributed by atoms with Crippen LogP contribution in [0.3, 0.4) is 0 Å². The molecule has 0 aromatic heterocycles. The molecule has 0 bridgehead atoms. The molecule has 114 valence electrons. The van der Waals surface area contributed by atoms with Crippen molar-refractivity contribution in [2.75, 3.05) is 20.1 Å². The topological polar surface area (TPSA) is 15.3 Å². The van der Waals surface area contributed by atoms with Gasteiger partial charge in [-0.25, -0.2) is 0 Å². The highest BCUT2D eigenvalue weighted by Gasteiger charge is 2.25. The Kier molecular flexibility index (Phi) is 6.22. The molecule has 1 unspecified atom stereocenters. The number of benzene rings is 1. The molecule has 2 nitrogen and oxygen atoms in total. The smallest absolute Gasteiger partial charge is 0.0230 e. The fourth-order valence-corrected chi connectivity index (χ4v) is 2.37. The van der Waals surface area contributed by atoms with Crippen LogP contribution >= 0.6 is 0 Å². The molecule has 0 radical (unpaired) electrons. The summed E-state index contributed by atoms with van der Waals surface area (Å²) < 4.78 is 0. The van der Waals surface area contributed by atoms with Crippen LogP contribution in [0.15, 0.2) is 30.3 Å². The lowest BCUT2D eigenvalue weighted by molar-refractivity contribution is 0.164. The van der Waals surface area contributed by atoms with Gasteiger partial charge in [0.15, 0.2) is 0 Å². The predicted molar refractivity (Wildman–Crippen MR) is 88.9 cm³/mol. The van der Waals surface area contributed by atoms with Gasteiger partial charge in [-0.15, -0.1) is 0 Å². The van der Waals surface area contributed by atoms with Gasteiger partial charge in [0.25, 0.3) is 0 Å². The molecule has 2 heteroatoms. The predicted octanol–water partition coefficient (Wildman–Crippen LogP) is 3.92. The summed E-state index contributed by atoms with van der Waals surface area (Å²) in [6, 6.07) is 10.7. The number of nitrogens with zero attached hydrogens (tertiary/aromatic N) is 1. The van der Waals surface area contributed by atoms with Crippen molar-refractivity contribution in [2.45, 2.75) is 53.1 Å². The zero-order valence-corrected chi connectivity index (χ0v) is 14.2. The van der Waals surface area contributed by atoms with Crippen molar-refractivity contribution in [3.63, 3.8) is 0 Å². The third kappa shape index (κ3) is 6.53. The van der Waals surface area contributed by atoms with E-state index in [2.05, 4.69) is 82.2 Å². The van der Waals surface area contributed by atoms with Gasteiger partial charge in [-0.2, -0.15) is 0 Å². The maximum atomic E-state index is 3.66. The maximum Gasteiger partial charge on any atom is 0.0230 e. The normalized spacial score (nSPS) is 15.3. The van der Waals surface area contributed by atoms with E-state index in [-0.39, 0.29) is 5.54 Å². The summed E-state index contributed by atoms with van der Waals surface area (Å²) in [6.07, 6.45) is 1.19. The zero-order chi connectivity index (χ0) is 15.2. The summed E-state index contributed by atoms with van der Waals surface area (Å²) in [4.78, 5) is 2.43. The minimum absolute atomic E-state index is 0.189. The van der Waals surface area contributed by atoms with Crippen LogP contribution in [0, 0.1) is 5.41 Å². The van der Waals surface area contributed by atoms with Crippen molar-refractivity contribution in [1.29, 1.82) is 0 Å². The first kappa shape index (κ1) is 17.2. The van der Waals surface area contributed by atoms with Crippen LogP contribution in [0.2, 0.25) is 0 Å². The van der Waals surface area contributed by atoms with Crippen LogP contribution < -0.4 is 5.32 Å². The van der Waals surface area contributed by atoms with Crippen molar-refractivity contribution in [2.24, 2.45) is 5.41 Å². The zero-order valence-electron chi connectivity index (χ0n) is 14.2. The van der Waals surface area contributed by atoms with E-state index < -0.39 is 0 Å². The Morgan fingerprint density at radius 1 is 1.05 bits per heavy atom. The van der Waals surface area contributed by atoms with Gasteiger partial charge in [0, 0.05) is 25.2 Å². The highest BCUT2D eigenvalue weighted by Crippen LogP contribution is 2.23. The van der Waals surface area contributed by atoms with Crippen molar-refractivity contribution in [3.05, 3.63) is 35.9 Å². The molecule has 0 aliphatic rings.